The van der Waals surface area contributed by atoms with E-state index in [1.807, 2.05) is 67.6 Å². The number of nitrogens with zero attached hydrogens (tertiary/aromatic N) is 3. The average molecular weight is 677 g/mol. The second-order valence-corrected chi connectivity index (χ2v) is 14.0. The topological polar surface area (TPSA) is 148 Å². The fourth-order valence-electron chi connectivity index (χ4n) is 7.54. The number of amidine groups is 1. The molecule has 3 aromatic rings. The van der Waals surface area contributed by atoms with Crippen LogP contribution in [0.5, 0.6) is 5.75 Å². The van der Waals surface area contributed by atoms with Crippen molar-refractivity contribution >= 4 is 29.1 Å². The lowest BCUT2D eigenvalue weighted by atomic mass is 9.77. The van der Waals surface area contributed by atoms with Gasteiger partial charge in [0.25, 0.3) is 5.91 Å². The van der Waals surface area contributed by atoms with Crippen molar-refractivity contribution in [3.8, 4) is 16.9 Å². The Hall–Kier alpha value is -4.70. The van der Waals surface area contributed by atoms with Crippen LogP contribution in [0, 0.1) is 24.7 Å². The second kappa shape index (κ2) is 16.3. The van der Waals surface area contributed by atoms with E-state index >= 15 is 0 Å². The maximum Gasteiger partial charge on any atom is 0.251 e. The van der Waals surface area contributed by atoms with Crippen LogP contribution < -0.4 is 21.1 Å². The summed E-state index contributed by atoms with van der Waals surface area (Å²) < 4.78 is 5.77. The number of benzene rings is 3. The van der Waals surface area contributed by atoms with Gasteiger partial charge in [-0.05, 0) is 130 Å². The Bertz CT molecular complexity index is 1750. The molecule has 4 N–H and O–H groups in total. The van der Waals surface area contributed by atoms with Crippen molar-refractivity contribution in [2.24, 2.45) is 38.7 Å². The van der Waals surface area contributed by atoms with Gasteiger partial charge in [0.05, 0.1) is 7.11 Å². The fraction of sp³-hybridized carbons (Fsp3) is 0.450. The lowest BCUT2D eigenvalue weighted by Gasteiger charge is -2.28. The van der Waals surface area contributed by atoms with Gasteiger partial charge in [-0.2, -0.15) is 5.11 Å². The molecule has 2 amide bonds. The molecule has 0 saturated heterocycles. The molecule has 0 unspecified atom stereocenters. The van der Waals surface area contributed by atoms with E-state index in [0.717, 1.165) is 79.2 Å². The summed E-state index contributed by atoms with van der Waals surface area (Å²) in [5, 5.41) is 14.2. The van der Waals surface area contributed by atoms with E-state index in [9.17, 15) is 14.4 Å². The predicted octanol–water partition coefficient (Wildman–Crippen LogP) is 7.03. The minimum absolute atomic E-state index is 0.0465. The number of Topliss-reactive ketones (excluding diaryl/α,β-unsaturated/α-hetero) is 1. The number of amides is 2. The van der Waals surface area contributed by atoms with Gasteiger partial charge in [0, 0.05) is 46.7 Å². The van der Waals surface area contributed by atoms with Gasteiger partial charge in [0.15, 0.2) is 12.5 Å². The summed E-state index contributed by atoms with van der Waals surface area (Å²) >= 11 is 0. The van der Waals surface area contributed by atoms with Crippen LogP contribution in [0.4, 0.5) is 5.69 Å². The first-order chi connectivity index (χ1) is 24.3. The summed E-state index contributed by atoms with van der Waals surface area (Å²) in [6, 6.07) is 19.3. The van der Waals surface area contributed by atoms with Crippen molar-refractivity contribution in [3.05, 3.63) is 82.9 Å². The van der Waals surface area contributed by atoms with Crippen LogP contribution in [-0.4, -0.2) is 49.8 Å². The number of ether oxygens (including phenoxy) is 1. The SMILES string of the molecule is COc1ccc(C[C@H](CC(=O)C2CCC(CN)CC2)C(=O)Nc2ccc(C3=NCN=N3)cc2)cc1-c1ccc(C(=O)NC2CCCC2)cc1C. The Morgan fingerprint density at radius 2 is 1.68 bits per heavy atom. The van der Waals surface area contributed by atoms with E-state index in [4.69, 9.17) is 10.5 Å². The Labute approximate surface area is 294 Å². The normalized spacial score (nSPS) is 19.5. The maximum atomic E-state index is 13.9. The number of hydrogen-bond acceptors (Lipinski definition) is 8. The molecule has 6 rings (SSSR count). The van der Waals surface area contributed by atoms with E-state index in [1.165, 1.54) is 0 Å². The number of rotatable bonds is 13. The summed E-state index contributed by atoms with van der Waals surface area (Å²) in [4.78, 5) is 44.9. The van der Waals surface area contributed by atoms with E-state index in [2.05, 4.69) is 25.9 Å². The minimum Gasteiger partial charge on any atom is -0.496 e. The Morgan fingerprint density at radius 1 is 0.920 bits per heavy atom. The molecule has 2 fully saturated rings. The van der Waals surface area contributed by atoms with E-state index in [-0.39, 0.29) is 36.0 Å². The molecule has 3 aromatic carbocycles. The van der Waals surface area contributed by atoms with Crippen LogP contribution in [0.25, 0.3) is 11.1 Å². The first-order valence-electron chi connectivity index (χ1n) is 18.0. The number of nitrogens with one attached hydrogen (secondary N) is 2. The molecule has 0 spiro atoms. The lowest BCUT2D eigenvalue weighted by molar-refractivity contribution is -0.129. The standard InChI is InChI=1S/C40H48N6O4/c1-25-19-30(39(48)44-32-5-3-4-6-32)14-17-34(25)35-21-27(9-18-37(35)50-2)20-31(22-36(47)28-10-7-26(23-41)8-11-28)40(49)45-33-15-12-29(13-16-33)38-42-24-43-46-38/h9,12-19,21,26,28,31-32H,3-8,10-11,20,22-24,41H2,1-2H3,(H,44,48)(H,45,49)/t26?,28?,31-/m1/s1. The Balaban J connectivity index is 1.22. The van der Waals surface area contributed by atoms with Gasteiger partial charge in [-0.15, -0.1) is 5.11 Å². The molecule has 1 atom stereocenters. The van der Waals surface area contributed by atoms with Gasteiger partial charge in [-0.3, -0.25) is 14.4 Å². The number of carbonyl (C=O) groups excluding carboxylic acids is 3. The molecule has 0 bridgehead atoms. The lowest BCUT2D eigenvalue weighted by Crippen LogP contribution is -2.32. The molecule has 0 aromatic heterocycles. The molecule has 2 aliphatic carbocycles. The van der Waals surface area contributed by atoms with Crippen molar-refractivity contribution in [1.82, 2.24) is 5.32 Å². The van der Waals surface area contributed by atoms with Crippen LogP contribution in [0.1, 0.15) is 84.8 Å². The number of azo groups is 1. The highest BCUT2D eigenvalue weighted by molar-refractivity contribution is 6.01. The zero-order chi connectivity index (χ0) is 35.0. The summed E-state index contributed by atoms with van der Waals surface area (Å²) in [6.07, 6.45) is 8.44. The van der Waals surface area contributed by atoms with Crippen molar-refractivity contribution in [1.29, 1.82) is 0 Å². The number of aryl methyl sites for hydroxylation is 1. The number of carbonyl (C=O) groups is 3. The molecule has 10 nitrogen and oxygen atoms in total. The van der Waals surface area contributed by atoms with Crippen LogP contribution in [0.2, 0.25) is 0 Å². The summed E-state index contributed by atoms with van der Waals surface area (Å²) in [6.45, 7) is 2.97. The van der Waals surface area contributed by atoms with Gasteiger partial charge < -0.3 is 21.1 Å². The Kier molecular flexibility index (Phi) is 11.5. The predicted molar refractivity (Wildman–Crippen MR) is 196 cm³/mol. The number of methoxy groups -OCH3 is 1. The Morgan fingerprint density at radius 3 is 2.34 bits per heavy atom. The molecular weight excluding hydrogens is 628 g/mol. The summed E-state index contributed by atoms with van der Waals surface area (Å²) in [5.41, 5.74) is 11.7. The molecule has 1 heterocycles. The van der Waals surface area contributed by atoms with E-state index < -0.39 is 5.92 Å². The van der Waals surface area contributed by atoms with Gasteiger partial charge in [-0.25, -0.2) is 4.99 Å². The van der Waals surface area contributed by atoms with Gasteiger partial charge in [0.1, 0.15) is 11.5 Å². The number of nitrogens with two attached hydrogens (primary N) is 1. The summed E-state index contributed by atoms with van der Waals surface area (Å²) in [7, 11) is 1.64. The van der Waals surface area contributed by atoms with E-state index in [0.29, 0.717) is 48.4 Å². The molecule has 2 saturated carbocycles. The van der Waals surface area contributed by atoms with Gasteiger partial charge in [-0.1, -0.05) is 25.0 Å². The maximum absolute atomic E-state index is 13.9. The molecule has 0 radical (unpaired) electrons. The van der Waals surface area contributed by atoms with Gasteiger partial charge in [0.2, 0.25) is 5.91 Å². The number of anilines is 1. The van der Waals surface area contributed by atoms with Crippen LogP contribution in [0.3, 0.4) is 0 Å². The van der Waals surface area contributed by atoms with Crippen molar-refractivity contribution in [2.45, 2.75) is 77.2 Å². The van der Waals surface area contributed by atoms with Crippen molar-refractivity contribution < 1.29 is 19.1 Å². The molecule has 262 valence electrons. The third kappa shape index (κ3) is 8.53. The van der Waals surface area contributed by atoms with Crippen LogP contribution >= 0.6 is 0 Å². The average Bonchev–Trinajstić information content (AvgIpc) is 3.87. The number of aliphatic imine (C=N–C) groups is 1. The third-order valence-electron chi connectivity index (χ3n) is 10.5. The highest BCUT2D eigenvalue weighted by Gasteiger charge is 2.30. The largest absolute Gasteiger partial charge is 0.496 e. The van der Waals surface area contributed by atoms with Crippen molar-refractivity contribution in [2.75, 3.05) is 25.6 Å². The highest BCUT2D eigenvalue weighted by Crippen LogP contribution is 2.36. The number of hydrogen-bond donors (Lipinski definition) is 3. The molecular formula is C40H48N6O4. The van der Waals surface area contributed by atoms with Crippen molar-refractivity contribution in [3.63, 3.8) is 0 Å². The first kappa shape index (κ1) is 35.1. The third-order valence-corrected chi connectivity index (χ3v) is 10.5. The number of ketones is 1. The zero-order valence-electron chi connectivity index (χ0n) is 29.1. The minimum atomic E-state index is -0.577. The fourth-order valence-corrected chi connectivity index (χ4v) is 7.54. The highest BCUT2D eigenvalue weighted by atomic mass is 16.5. The molecule has 3 aliphatic rings. The zero-order valence-corrected chi connectivity index (χ0v) is 29.1. The summed E-state index contributed by atoms with van der Waals surface area (Å²) in [5.74, 6) is 0.994. The quantitative estimate of drug-likeness (QED) is 0.178. The monoisotopic (exact) mass is 676 g/mol. The smallest absolute Gasteiger partial charge is 0.251 e. The molecule has 10 heteroatoms. The molecule has 50 heavy (non-hydrogen) atoms. The van der Waals surface area contributed by atoms with Crippen LogP contribution in [0.15, 0.2) is 75.9 Å². The van der Waals surface area contributed by atoms with Gasteiger partial charge >= 0.3 is 0 Å². The first-order valence-corrected chi connectivity index (χ1v) is 18.0. The second-order valence-electron chi connectivity index (χ2n) is 14.0. The van der Waals surface area contributed by atoms with E-state index in [1.54, 1.807) is 7.11 Å². The molecule has 1 aliphatic heterocycles. The van der Waals surface area contributed by atoms with Crippen LogP contribution in [-0.2, 0) is 16.0 Å².